The van der Waals surface area contributed by atoms with Crippen LogP contribution in [0.5, 0.6) is 23.0 Å². The third-order valence-corrected chi connectivity index (χ3v) is 4.63. The number of ketones is 2. The van der Waals surface area contributed by atoms with Crippen molar-refractivity contribution >= 4 is 11.6 Å². The fourth-order valence-electron chi connectivity index (χ4n) is 3.34. The molecule has 0 radical (unpaired) electrons. The zero-order valence-corrected chi connectivity index (χ0v) is 15.0. The lowest BCUT2D eigenvalue weighted by Crippen LogP contribution is -2.24. The van der Waals surface area contributed by atoms with E-state index < -0.39 is 23.9 Å². The Hall–Kier alpha value is -3.10. The van der Waals surface area contributed by atoms with Gasteiger partial charge in [-0.2, -0.15) is 0 Å². The van der Waals surface area contributed by atoms with E-state index in [4.69, 9.17) is 9.47 Å². The van der Waals surface area contributed by atoms with Crippen molar-refractivity contribution in [2.75, 3.05) is 21.3 Å². The van der Waals surface area contributed by atoms with Gasteiger partial charge in [0.25, 0.3) is 0 Å². The number of phenolic OH excluding ortho intramolecular Hbond substituents is 1. The van der Waals surface area contributed by atoms with Crippen molar-refractivity contribution in [3.8, 4) is 23.0 Å². The lowest BCUT2D eigenvalue weighted by Gasteiger charge is -2.24. The molecule has 4 N–H and O–H groups in total. The van der Waals surface area contributed by atoms with Crippen molar-refractivity contribution in [2.24, 2.45) is 0 Å². The van der Waals surface area contributed by atoms with Crippen molar-refractivity contribution in [3.05, 3.63) is 45.5 Å². The molecular weight excluding hydrogens is 354 g/mol. The Labute approximate surface area is 155 Å². The second-order valence-electron chi connectivity index (χ2n) is 6.00. The van der Waals surface area contributed by atoms with Gasteiger partial charge < -0.3 is 30.1 Å². The third-order valence-electron chi connectivity index (χ3n) is 4.63. The minimum atomic E-state index is -0.681. The molecule has 0 amide bonds. The van der Waals surface area contributed by atoms with Crippen LogP contribution in [0.3, 0.4) is 0 Å². The van der Waals surface area contributed by atoms with Crippen molar-refractivity contribution in [1.29, 1.82) is 0 Å². The van der Waals surface area contributed by atoms with Crippen LogP contribution in [0.1, 0.15) is 43.0 Å². The van der Waals surface area contributed by atoms with Crippen LogP contribution in [-0.4, -0.2) is 48.2 Å². The van der Waals surface area contributed by atoms with Crippen LogP contribution in [0.15, 0.2) is 12.1 Å². The summed E-state index contributed by atoms with van der Waals surface area (Å²) in [6.07, 6.45) is 0. The first kappa shape index (κ1) is 18.7. The molecular formula is C19H19NO7. The summed E-state index contributed by atoms with van der Waals surface area (Å²) < 4.78 is 10.3. The number of nitrogens with one attached hydrogen (secondary N) is 1. The maximum Gasteiger partial charge on any atom is 0.198 e. The molecule has 0 saturated heterocycles. The quantitative estimate of drug-likeness (QED) is 0.524. The Morgan fingerprint density at radius 1 is 0.889 bits per heavy atom. The number of fused-ring (bicyclic) bond motifs is 2. The monoisotopic (exact) mass is 373 g/mol. The Balaban J connectivity index is 2.37. The summed E-state index contributed by atoms with van der Waals surface area (Å²) in [5.41, 5.74) is -0.167. The molecule has 0 bridgehead atoms. The molecule has 0 aromatic heterocycles. The van der Waals surface area contributed by atoms with Crippen molar-refractivity contribution in [1.82, 2.24) is 5.32 Å². The molecule has 0 aliphatic heterocycles. The summed E-state index contributed by atoms with van der Waals surface area (Å²) in [4.78, 5) is 26.2. The maximum atomic E-state index is 13.1. The number of ether oxygens (including phenoxy) is 2. The molecule has 0 saturated carbocycles. The van der Waals surface area contributed by atoms with Crippen LogP contribution in [0, 0.1) is 0 Å². The number of aliphatic hydroxyl groups is 1. The van der Waals surface area contributed by atoms with E-state index >= 15 is 0 Å². The molecule has 1 aliphatic carbocycles. The Kier molecular flexibility index (Phi) is 4.77. The van der Waals surface area contributed by atoms with E-state index in [-0.39, 0.29) is 51.6 Å². The highest BCUT2D eigenvalue weighted by Gasteiger charge is 2.38. The van der Waals surface area contributed by atoms with Gasteiger partial charge in [-0.25, -0.2) is 0 Å². The zero-order valence-electron chi connectivity index (χ0n) is 15.0. The minimum Gasteiger partial charge on any atom is -0.507 e. The number of rotatable bonds is 5. The van der Waals surface area contributed by atoms with Gasteiger partial charge in [-0.3, -0.25) is 9.59 Å². The molecule has 27 heavy (non-hydrogen) atoms. The lowest BCUT2D eigenvalue weighted by molar-refractivity contribution is 0.0973. The van der Waals surface area contributed by atoms with Crippen LogP contribution in [0.25, 0.3) is 0 Å². The van der Waals surface area contributed by atoms with Gasteiger partial charge in [0.15, 0.2) is 23.1 Å². The smallest absolute Gasteiger partial charge is 0.198 e. The predicted octanol–water partition coefficient (Wildman–Crippen LogP) is 1.10. The number of methoxy groups -OCH3 is 2. The average Bonchev–Trinajstić information content (AvgIpc) is 2.66. The molecule has 0 unspecified atom stereocenters. The topological polar surface area (TPSA) is 125 Å². The van der Waals surface area contributed by atoms with Crippen LogP contribution in [0.4, 0.5) is 0 Å². The van der Waals surface area contributed by atoms with Gasteiger partial charge in [-0.15, -0.1) is 0 Å². The van der Waals surface area contributed by atoms with Gasteiger partial charge in [-0.1, -0.05) is 0 Å². The van der Waals surface area contributed by atoms with Crippen LogP contribution < -0.4 is 14.8 Å². The highest BCUT2D eigenvalue weighted by atomic mass is 16.5. The molecule has 2 aromatic rings. The normalized spacial score (nSPS) is 12.6. The molecule has 0 spiro atoms. The van der Waals surface area contributed by atoms with E-state index in [1.807, 2.05) is 0 Å². The molecule has 3 rings (SSSR count). The molecule has 0 atom stereocenters. The number of phenols is 2. The van der Waals surface area contributed by atoms with E-state index in [0.717, 1.165) is 0 Å². The number of aromatic hydroxyl groups is 2. The first-order chi connectivity index (χ1) is 12.9. The zero-order chi connectivity index (χ0) is 19.9. The second kappa shape index (κ2) is 6.90. The lowest BCUT2D eigenvalue weighted by atomic mass is 9.80. The van der Waals surface area contributed by atoms with E-state index in [0.29, 0.717) is 5.56 Å². The van der Waals surface area contributed by atoms with Crippen LogP contribution in [-0.2, 0) is 13.2 Å². The minimum absolute atomic E-state index is 0.0154. The molecule has 0 fully saturated rings. The number of carbonyl (C=O) groups excluding carboxylic acids is 2. The second-order valence-corrected chi connectivity index (χ2v) is 6.00. The van der Waals surface area contributed by atoms with Crippen LogP contribution >= 0.6 is 0 Å². The van der Waals surface area contributed by atoms with E-state index in [1.54, 1.807) is 7.05 Å². The Morgan fingerprint density at radius 3 is 2.04 bits per heavy atom. The Morgan fingerprint density at radius 2 is 1.48 bits per heavy atom. The Bertz CT molecular complexity index is 966. The van der Waals surface area contributed by atoms with Gasteiger partial charge in [0, 0.05) is 28.8 Å². The van der Waals surface area contributed by atoms with Gasteiger partial charge in [0.2, 0.25) is 0 Å². The summed E-state index contributed by atoms with van der Waals surface area (Å²) in [5.74, 6) is -1.78. The largest absolute Gasteiger partial charge is 0.507 e. The molecule has 1 aliphatic rings. The molecule has 0 heterocycles. The van der Waals surface area contributed by atoms with Gasteiger partial charge >= 0.3 is 0 Å². The first-order valence-corrected chi connectivity index (χ1v) is 8.11. The van der Waals surface area contributed by atoms with E-state index in [9.17, 15) is 24.9 Å². The number of carbonyl (C=O) groups is 2. The maximum absolute atomic E-state index is 13.1. The van der Waals surface area contributed by atoms with Gasteiger partial charge in [0.1, 0.15) is 11.5 Å². The molecule has 8 nitrogen and oxygen atoms in total. The highest BCUT2D eigenvalue weighted by molar-refractivity contribution is 6.30. The summed E-state index contributed by atoms with van der Waals surface area (Å²) in [5, 5.41) is 33.5. The molecule has 8 heteroatoms. The highest BCUT2D eigenvalue weighted by Crippen LogP contribution is 2.44. The fourth-order valence-corrected chi connectivity index (χ4v) is 3.34. The molecule has 142 valence electrons. The standard InChI is InChI=1S/C19H19NO7/c1-20-6-10-12(26-2)4-9-15(18(10)24)19(25)14-8(16(9)22)5-13(27-3)17(23)11(14)7-21/h4-5,20-21,23-24H,6-7H2,1-3H3. The summed E-state index contributed by atoms with van der Waals surface area (Å²) >= 11 is 0. The summed E-state index contributed by atoms with van der Waals surface area (Å²) in [6.45, 7) is -0.475. The number of benzene rings is 2. The van der Waals surface area contributed by atoms with Crippen molar-refractivity contribution in [3.63, 3.8) is 0 Å². The van der Waals surface area contributed by atoms with Crippen molar-refractivity contribution in [2.45, 2.75) is 13.2 Å². The van der Waals surface area contributed by atoms with Crippen LogP contribution in [0.2, 0.25) is 0 Å². The van der Waals surface area contributed by atoms with Crippen molar-refractivity contribution < 1.29 is 34.4 Å². The third kappa shape index (κ3) is 2.61. The SMILES string of the molecule is CNCc1c(OC)cc2c(c1O)C(=O)c1c(cc(OC)c(O)c1CO)C2=O. The average molecular weight is 373 g/mol. The molecule has 2 aromatic carbocycles. The van der Waals surface area contributed by atoms with E-state index in [1.165, 1.54) is 26.4 Å². The number of aliphatic hydroxyl groups excluding tert-OH is 1. The summed E-state index contributed by atoms with van der Waals surface area (Å²) in [6, 6.07) is 2.65. The fraction of sp³-hybridized carbons (Fsp3) is 0.263. The number of hydrogen-bond acceptors (Lipinski definition) is 8. The number of hydrogen-bond donors (Lipinski definition) is 4. The van der Waals surface area contributed by atoms with Gasteiger partial charge in [0.05, 0.1) is 32.0 Å². The summed E-state index contributed by atoms with van der Waals surface area (Å²) in [7, 11) is 4.35. The van der Waals surface area contributed by atoms with Gasteiger partial charge in [-0.05, 0) is 19.2 Å². The predicted molar refractivity (Wildman–Crippen MR) is 94.9 cm³/mol. The van der Waals surface area contributed by atoms with E-state index in [2.05, 4.69) is 5.32 Å². The first-order valence-electron chi connectivity index (χ1n) is 8.11.